The topological polar surface area (TPSA) is 102 Å². The molecule has 0 bridgehead atoms. The zero-order valence-corrected chi connectivity index (χ0v) is 17.1. The minimum atomic E-state index is -4.83. The van der Waals surface area contributed by atoms with E-state index in [0.29, 0.717) is 5.82 Å². The summed E-state index contributed by atoms with van der Waals surface area (Å²) in [7, 11) is 0. The number of rotatable bonds is 6. The fourth-order valence-electron chi connectivity index (χ4n) is 1.99. The molecule has 0 aliphatic rings. The maximum atomic E-state index is 12.4. The van der Waals surface area contributed by atoms with Crippen LogP contribution in [0.15, 0.2) is 47.6 Å². The maximum absolute atomic E-state index is 12.4. The van der Waals surface area contributed by atoms with E-state index in [-0.39, 0.29) is 54.5 Å². The van der Waals surface area contributed by atoms with Gasteiger partial charge in [-0.05, 0) is 30.7 Å². The van der Waals surface area contributed by atoms with E-state index in [4.69, 9.17) is 5.73 Å². The van der Waals surface area contributed by atoms with Crippen molar-refractivity contribution in [1.82, 2.24) is 4.98 Å². The third-order valence-electron chi connectivity index (χ3n) is 3.18. The van der Waals surface area contributed by atoms with E-state index in [0.717, 1.165) is 11.6 Å². The van der Waals surface area contributed by atoms with E-state index in [1.165, 1.54) is 18.2 Å². The number of nitrogens with zero attached hydrogens (tertiary/aromatic N) is 2. The summed E-state index contributed by atoms with van der Waals surface area (Å²) in [6.07, 6.45) is -3.18. The van der Waals surface area contributed by atoms with Crippen LogP contribution in [-0.2, 0) is 4.79 Å². The summed E-state index contributed by atoms with van der Waals surface area (Å²) >= 11 is 0. The summed E-state index contributed by atoms with van der Waals surface area (Å²) in [6, 6.07) is 8.89. The van der Waals surface area contributed by atoms with Gasteiger partial charge in [0.1, 0.15) is 5.82 Å². The minimum Gasteiger partial charge on any atom is -0.404 e. The number of aliphatic imine (C=N–C) groups is 1. The number of anilines is 2. The highest BCUT2D eigenvalue weighted by atomic mass is 127. The lowest BCUT2D eigenvalue weighted by molar-refractivity contribution is -0.274. The summed E-state index contributed by atoms with van der Waals surface area (Å²) in [5.41, 5.74) is 6.62. The number of hydrogen-bond donors (Lipinski definition) is 3. The lowest BCUT2D eigenvalue weighted by atomic mass is 10.3. The number of hydrogen-bond acceptors (Lipinski definition) is 4. The van der Waals surface area contributed by atoms with Crippen LogP contribution >= 0.6 is 24.0 Å². The van der Waals surface area contributed by atoms with Gasteiger partial charge in [0, 0.05) is 12.6 Å². The van der Waals surface area contributed by atoms with Gasteiger partial charge in [0.15, 0.2) is 11.7 Å². The van der Waals surface area contributed by atoms with Gasteiger partial charge in [0.05, 0.1) is 12.2 Å². The van der Waals surface area contributed by atoms with E-state index in [1.54, 1.807) is 12.3 Å². The smallest absolute Gasteiger partial charge is 0.404 e. The molecule has 0 saturated heterocycles. The normalized spacial score (nSPS) is 11.4. The van der Waals surface area contributed by atoms with Crippen LogP contribution in [0.1, 0.15) is 12.0 Å². The first-order valence-electron chi connectivity index (χ1n) is 7.87. The third-order valence-corrected chi connectivity index (χ3v) is 3.18. The molecular formula is C17H19F3IN5O2. The van der Waals surface area contributed by atoms with Crippen molar-refractivity contribution < 1.29 is 22.7 Å². The Labute approximate surface area is 176 Å². The Morgan fingerprint density at radius 3 is 2.57 bits per heavy atom. The Kier molecular flexibility index (Phi) is 8.96. The van der Waals surface area contributed by atoms with Crippen molar-refractivity contribution in [3.05, 3.63) is 48.2 Å². The fourth-order valence-corrected chi connectivity index (χ4v) is 1.99. The number of alkyl halides is 3. The van der Waals surface area contributed by atoms with Gasteiger partial charge < -0.3 is 21.1 Å². The van der Waals surface area contributed by atoms with Gasteiger partial charge in [-0.3, -0.25) is 9.79 Å². The number of nitrogens with two attached hydrogens (primary N) is 1. The molecule has 0 saturated carbocycles. The molecule has 11 heteroatoms. The second-order valence-electron chi connectivity index (χ2n) is 5.45. The molecule has 0 spiro atoms. The summed E-state index contributed by atoms with van der Waals surface area (Å²) in [4.78, 5) is 19.8. The molecule has 1 aromatic carbocycles. The van der Waals surface area contributed by atoms with Crippen LogP contribution < -0.4 is 21.1 Å². The number of pyridine rings is 1. The molecule has 0 unspecified atom stereocenters. The highest BCUT2D eigenvalue weighted by Crippen LogP contribution is 2.29. The lowest BCUT2D eigenvalue weighted by Crippen LogP contribution is -2.25. The molecule has 2 rings (SSSR count). The van der Waals surface area contributed by atoms with Gasteiger partial charge in [0.25, 0.3) is 0 Å². The average molecular weight is 509 g/mol. The highest BCUT2D eigenvalue weighted by Gasteiger charge is 2.32. The molecule has 0 radical (unpaired) electrons. The number of aryl methyl sites for hydroxylation is 1. The lowest BCUT2D eigenvalue weighted by Gasteiger charge is -2.14. The summed E-state index contributed by atoms with van der Waals surface area (Å²) < 4.78 is 41.1. The molecule has 1 heterocycles. The number of halogens is 4. The Morgan fingerprint density at radius 1 is 1.21 bits per heavy atom. The van der Waals surface area contributed by atoms with Crippen molar-refractivity contribution in [2.24, 2.45) is 10.7 Å². The SMILES string of the molecule is Cc1ccc(NC(=O)CCN=C(N)Nc2ccccc2OC(F)(F)F)nc1.I. The first kappa shape index (κ1) is 23.5. The van der Waals surface area contributed by atoms with Crippen LogP contribution in [0.4, 0.5) is 24.7 Å². The van der Waals surface area contributed by atoms with Crippen LogP contribution in [0, 0.1) is 6.92 Å². The van der Waals surface area contributed by atoms with Gasteiger partial charge in [-0.15, -0.1) is 37.1 Å². The van der Waals surface area contributed by atoms with Crippen LogP contribution in [0.5, 0.6) is 5.75 Å². The van der Waals surface area contributed by atoms with Crippen molar-refractivity contribution in [3.63, 3.8) is 0 Å². The number of benzene rings is 1. The first-order chi connectivity index (χ1) is 12.7. The Morgan fingerprint density at radius 2 is 1.93 bits per heavy atom. The zero-order valence-electron chi connectivity index (χ0n) is 14.8. The van der Waals surface area contributed by atoms with Crippen LogP contribution in [-0.4, -0.2) is 29.8 Å². The molecule has 7 nitrogen and oxygen atoms in total. The van der Waals surface area contributed by atoms with E-state index in [2.05, 4.69) is 25.3 Å². The summed E-state index contributed by atoms with van der Waals surface area (Å²) in [5.74, 6) is -0.483. The molecule has 1 aromatic heterocycles. The van der Waals surface area contributed by atoms with E-state index < -0.39 is 12.1 Å². The molecule has 4 N–H and O–H groups in total. The maximum Gasteiger partial charge on any atom is 0.573 e. The number of nitrogens with one attached hydrogen (secondary N) is 2. The Bertz CT molecular complexity index is 813. The third kappa shape index (κ3) is 8.41. The van der Waals surface area contributed by atoms with Crippen LogP contribution in [0.2, 0.25) is 0 Å². The van der Waals surface area contributed by atoms with Crippen molar-refractivity contribution in [1.29, 1.82) is 0 Å². The van der Waals surface area contributed by atoms with Crippen molar-refractivity contribution >= 4 is 47.3 Å². The molecule has 0 atom stereocenters. The number of ether oxygens (including phenoxy) is 1. The molecular weight excluding hydrogens is 490 g/mol. The molecule has 28 heavy (non-hydrogen) atoms. The number of carbonyl (C=O) groups is 1. The number of amides is 1. The zero-order chi connectivity index (χ0) is 19.9. The van der Waals surface area contributed by atoms with Crippen molar-refractivity contribution in [2.45, 2.75) is 19.7 Å². The summed E-state index contributed by atoms with van der Waals surface area (Å²) in [5, 5.41) is 5.12. The molecule has 0 aliphatic heterocycles. The van der Waals surface area contributed by atoms with Gasteiger partial charge in [0.2, 0.25) is 5.91 Å². The molecule has 152 valence electrons. The molecule has 0 aliphatic carbocycles. The van der Waals surface area contributed by atoms with E-state index >= 15 is 0 Å². The quantitative estimate of drug-likeness (QED) is 0.314. The predicted octanol–water partition coefficient (Wildman–Crippen LogP) is 3.66. The van der Waals surface area contributed by atoms with Gasteiger partial charge >= 0.3 is 6.36 Å². The summed E-state index contributed by atoms with van der Waals surface area (Å²) in [6.45, 7) is 1.92. The van der Waals surface area contributed by atoms with Crippen molar-refractivity contribution in [2.75, 3.05) is 17.2 Å². The minimum absolute atomic E-state index is 0. The van der Waals surface area contributed by atoms with Crippen molar-refractivity contribution in [3.8, 4) is 5.75 Å². The largest absolute Gasteiger partial charge is 0.573 e. The van der Waals surface area contributed by atoms with E-state index in [9.17, 15) is 18.0 Å². The predicted molar refractivity (Wildman–Crippen MR) is 111 cm³/mol. The molecule has 2 aromatic rings. The molecule has 0 fully saturated rings. The number of para-hydroxylation sites is 2. The van der Waals surface area contributed by atoms with Crippen LogP contribution in [0.25, 0.3) is 0 Å². The van der Waals surface area contributed by atoms with Gasteiger partial charge in [-0.25, -0.2) is 4.98 Å². The second kappa shape index (κ2) is 10.7. The number of carbonyl (C=O) groups excluding carboxylic acids is 1. The van der Waals surface area contributed by atoms with Crippen LogP contribution in [0.3, 0.4) is 0 Å². The monoisotopic (exact) mass is 509 g/mol. The standard InChI is InChI=1S/C17H18F3N5O2.HI/c1-11-6-7-14(23-10-11)25-15(26)8-9-22-16(21)24-12-4-2-3-5-13(12)27-17(18,19)20;/h2-7,10H,8-9H2,1H3,(H3,21,22,24)(H,23,25,26);1H. The number of guanidine groups is 1. The average Bonchev–Trinajstić information content (AvgIpc) is 2.57. The Balaban J connectivity index is 0.00000392. The van der Waals surface area contributed by atoms with Gasteiger partial charge in [-0.1, -0.05) is 18.2 Å². The fraction of sp³-hybridized carbons (Fsp3) is 0.235. The molecule has 1 amide bonds. The highest BCUT2D eigenvalue weighted by molar-refractivity contribution is 14.0. The van der Waals surface area contributed by atoms with E-state index in [1.807, 2.05) is 13.0 Å². The van der Waals surface area contributed by atoms with Gasteiger partial charge in [-0.2, -0.15) is 0 Å². The Hall–Kier alpha value is -2.57. The first-order valence-corrected chi connectivity index (χ1v) is 7.87. The number of aromatic nitrogens is 1. The second-order valence-corrected chi connectivity index (χ2v) is 5.45.